The molecule has 13 heavy (non-hydrogen) atoms. The van der Waals surface area contributed by atoms with Gasteiger partial charge in [0.15, 0.2) is 0 Å². The zero-order valence-corrected chi connectivity index (χ0v) is 8.42. The molecule has 74 valence electrons. The van der Waals surface area contributed by atoms with Crippen LogP contribution in [0.3, 0.4) is 0 Å². The smallest absolute Gasteiger partial charge is 0.0603 e. The highest BCUT2D eigenvalue weighted by atomic mass is 16.5. The molecular formula is C11H18O2. The van der Waals surface area contributed by atoms with Gasteiger partial charge in [-0.2, -0.15) is 0 Å². The van der Waals surface area contributed by atoms with Gasteiger partial charge in [0, 0.05) is 18.9 Å². The molecule has 1 rings (SSSR count). The number of aliphatic hydroxyl groups is 1. The van der Waals surface area contributed by atoms with E-state index in [2.05, 4.69) is 11.8 Å². The fourth-order valence-corrected chi connectivity index (χ4v) is 1.81. The summed E-state index contributed by atoms with van der Waals surface area (Å²) in [5.41, 5.74) is 0. The van der Waals surface area contributed by atoms with Crippen molar-refractivity contribution in [3.8, 4) is 11.8 Å². The molecule has 2 heteroatoms. The van der Waals surface area contributed by atoms with Crippen LogP contribution >= 0.6 is 0 Å². The number of hydrogen-bond donors (Lipinski definition) is 1. The highest BCUT2D eigenvalue weighted by molar-refractivity contribution is 4.95. The second-order valence-corrected chi connectivity index (χ2v) is 3.56. The lowest BCUT2D eigenvalue weighted by molar-refractivity contribution is 0.0404. The minimum atomic E-state index is -0.238. The van der Waals surface area contributed by atoms with Crippen molar-refractivity contribution in [1.82, 2.24) is 0 Å². The Bertz CT molecular complexity index is 202. The molecule has 1 aliphatic rings. The highest BCUT2D eigenvalue weighted by Crippen LogP contribution is 2.25. The predicted molar refractivity (Wildman–Crippen MR) is 52.2 cm³/mol. The maximum absolute atomic E-state index is 9.80. The van der Waals surface area contributed by atoms with E-state index in [-0.39, 0.29) is 12.2 Å². The second-order valence-electron chi connectivity index (χ2n) is 3.56. The van der Waals surface area contributed by atoms with Gasteiger partial charge in [0.25, 0.3) is 0 Å². The molecule has 1 N–H and O–H groups in total. The number of aliphatic hydroxyl groups excluding tert-OH is 1. The van der Waals surface area contributed by atoms with Crippen LogP contribution in [-0.4, -0.2) is 23.9 Å². The largest absolute Gasteiger partial charge is 0.393 e. The number of ether oxygens (including phenoxy) is 1. The van der Waals surface area contributed by atoms with E-state index >= 15 is 0 Å². The van der Waals surface area contributed by atoms with E-state index in [0.717, 1.165) is 25.9 Å². The zero-order valence-electron chi connectivity index (χ0n) is 8.42. The molecular weight excluding hydrogens is 164 g/mol. The summed E-state index contributed by atoms with van der Waals surface area (Å²) in [6.07, 6.45) is 2.53. The van der Waals surface area contributed by atoms with E-state index < -0.39 is 0 Å². The van der Waals surface area contributed by atoms with Crippen molar-refractivity contribution in [3.05, 3.63) is 0 Å². The van der Waals surface area contributed by atoms with Crippen molar-refractivity contribution >= 4 is 0 Å². The van der Waals surface area contributed by atoms with Crippen LogP contribution in [0.4, 0.5) is 0 Å². The summed E-state index contributed by atoms with van der Waals surface area (Å²) < 4.78 is 5.40. The van der Waals surface area contributed by atoms with E-state index in [1.807, 2.05) is 13.8 Å². The van der Waals surface area contributed by atoms with E-state index in [1.165, 1.54) is 0 Å². The molecule has 3 atom stereocenters. The van der Waals surface area contributed by atoms with Gasteiger partial charge in [0.05, 0.1) is 12.2 Å². The van der Waals surface area contributed by atoms with Crippen molar-refractivity contribution in [2.24, 2.45) is 5.92 Å². The molecule has 0 amide bonds. The SMILES string of the molecule is CC#CCCC(O)C1CCOC1C. The van der Waals surface area contributed by atoms with Crippen LogP contribution in [-0.2, 0) is 4.74 Å². The Morgan fingerprint density at radius 1 is 1.62 bits per heavy atom. The van der Waals surface area contributed by atoms with Crippen LogP contribution in [0.1, 0.15) is 33.1 Å². The van der Waals surface area contributed by atoms with Crippen LogP contribution in [0.5, 0.6) is 0 Å². The fraction of sp³-hybridized carbons (Fsp3) is 0.818. The molecule has 0 aromatic rings. The topological polar surface area (TPSA) is 29.5 Å². The number of hydrogen-bond acceptors (Lipinski definition) is 2. The number of rotatable bonds is 3. The Morgan fingerprint density at radius 2 is 2.38 bits per heavy atom. The average molecular weight is 182 g/mol. The summed E-state index contributed by atoms with van der Waals surface area (Å²) in [5.74, 6) is 6.12. The molecule has 0 bridgehead atoms. The molecule has 3 unspecified atom stereocenters. The second kappa shape index (κ2) is 5.26. The molecule has 0 saturated carbocycles. The summed E-state index contributed by atoms with van der Waals surface area (Å²) in [4.78, 5) is 0. The average Bonchev–Trinajstić information content (AvgIpc) is 2.52. The maximum Gasteiger partial charge on any atom is 0.0603 e. The van der Waals surface area contributed by atoms with Crippen LogP contribution < -0.4 is 0 Å². The van der Waals surface area contributed by atoms with Crippen molar-refractivity contribution in [2.75, 3.05) is 6.61 Å². The summed E-state index contributed by atoms with van der Waals surface area (Å²) in [7, 11) is 0. The van der Waals surface area contributed by atoms with Crippen molar-refractivity contribution in [1.29, 1.82) is 0 Å². The van der Waals surface area contributed by atoms with Gasteiger partial charge in [-0.05, 0) is 26.7 Å². The molecule has 0 aromatic carbocycles. The first-order valence-corrected chi connectivity index (χ1v) is 4.95. The van der Waals surface area contributed by atoms with Gasteiger partial charge >= 0.3 is 0 Å². The first-order chi connectivity index (χ1) is 6.25. The quantitative estimate of drug-likeness (QED) is 0.671. The fourth-order valence-electron chi connectivity index (χ4n) is 1.81. The van der Waals surface area contributed by atoms with Gasteiger partial charge in [-0.1, -0.05) is 0 Å². The van der Waals surface area contributed by atoms with Gasteiger partial charge in [-0.25, -0.2) is 0 Å². The lowest BCUT2D eigenvalue weighted by Crippen LogP contribution is -2.26. The lowest BCUT2D eigenvalue weighted by Gasteiger charge is -2.19. The third-order valence-electron chi connectivity index (χ3n) is 2.67. The lowest BCUT2D eigenvalue weighted by atomic mass is 9.93. The third kappa shape index (κ3) is 3.02. The summed E-state index contributed by atoms with van der Waals surface area (Å²) >= 11 is 0. The van der Waals surface area contributed by atoms with Gasteiger partial charge in [-0.3, -0.25) is 0 Å². The van der Waals surface area contributed by atoms with Crippen molar-refractivity contribution in [2.45, 2.75) is 45.3 Å². The standard InChI is InChI=1S/C11H18O2/c1-3-4-5-6-11(12)10-7-8-13-9(10)2/h9-12H,5-8H2,1-2H3. The molecule has 1 saturated heterocycles. The summed E-state index contributed by atoms with van der Waals surface area (Å²) in [5, 5.41) is 9.80. The molecule has 2 nitrogen and oxygen atoms in total. The first kappa shape index (κ1) is 10.6. The van der Waals surface area contributed by atoms with Crippen LogP contribution in [0.2, 0.25) is 0 Å². The van der Waals surface area contributed by atoms with Crippen LogP contribution in [0.15, 0.2) is 0 Å². The van der Waals surface area contributed by atoms with E-state index in [1.54, 1.807) is 0 Å². The minimum Gasteiger partial charge on any atom is -0.393 e. The molecule has 0 aromatic heterocycles. The monoisotopic (exact) mass is 182 g/mol. The Labute approximate surface area is 80.3 Å². The Balaban J connectivity index is 2.28. The Hall–Kier alpha value is -0.520. The molecule has 0 aliphatic carbocycles. The maximum atomic E-state index is 9.80. The minimum absolute atomic E-state index is 0.213. The van der Waals surface area contributed by atoms with Crippen LogP contribution in [0, 0.1) is 17.8 Å². The Kier molecular flexibility index (Phi) is 4.27. The predicted octanol–water partition coefficient (Wildman–Crippen LogP) is 1.58. The third-order valence-corrected chi connectivity index (χ3v) is 2.67. The highest BCUT2D eigenvalue weighted by Gasteiger charge is 2.29. The molecule has 1 fully saturated rings. The van der Waals surface area contributed by atoms with E-state index in [9.17, 15) is 5.11 Å². The van der Waals surface area contributed by atoms with Crippen LogP contribution in [0.25, 0.3) is 0 Å². The van der Waals surface area contributed by atoms with Gasteiger partial charge in [0.2, 0.25) is 0 Å². The molecule has 1 aliphatic heterocycles. The summed E-state index contributed by atoms with van der Waals surface area (Å²) in [6.45, 7) is 4.66. The molecule has 0 spiro atoms. The zero-order chi connectivity index (χ0) is 9.68. The van der Waals surface area contributed by atoms with Gasteiger partial charge in [0.1, 0.15) is 0 Å². The summed E-state index contributed by atoms with van der Waals surface area (Å²) in [6, 6.07) is 0. The van der Waals surface area contributed by atoms with Gasteiger partial charge < -0.3 is 9.84 Å². The first-order valence-electron chi connectivity index (χ1n) is 4.95. The molecule has 1 heterocycles. The van der Waals surface area contributed by atoms with Gasteiger partial charge in [-0.15, -0.1) is 11.8 Å². The van der Waals surface area contributed by atoms with E-state index in [4.69, 9.17) is 4.74 Å². The van der Waals surface area contributed by atoms with Crippen molar-refractivity contribution < 1.29 is 9.84 Å². The van der Waals surface area contributed by atoms with Crippen molar-refractivity contribution in [3.63, 3.8) is 0 Å². The molecule has 0 radical (unpaired) electrons. The Morgan fingerprint density at radius 3 is 2.92 bits per heavy atom. The van der Waals surface area contributed by atoms with E-state index in [0.29, 0.717) is 5.92 Å². The normalized spacial score (nSPS) is 29.5.